The second-order valence-corrected chi connectivity index (χ2v) is 14.3. The van der Waals surface area contributed by atoms with Crippen molar-refractivity contribution in [3.63, 3.8) is 0 Å². The van der Waals surface area contributed by atoms with Crippen LogP contribution in [0.5, 0.6) is 0 Å². The number of allylic oxidation sites excluding steroid dienone is 1. The minimum absolute atomic E-state index is 1.07. The van der Waals surface area contributed by atoms with E-state index >= 15 is 0 Å². The smallest absolute Gasteiger partial charge is 0.0859 e. The van der Waals surface area contributed by atoms with E-state index in [-0.39, 0.29) is 0 Å². The first kappa shape index (κ1) is 22.3. The molecule has 3 aromatic rings. The Morgan fingerprint density at radius 1 is 0.700 bits per heavy atom. The highest BCUT2D eigenvalue weighted by atomic mass is 28.3. The van der Waals surface area contributed by atoms with E-state index in [1.54, 1.807) is 5.19 Å². The summed E-state index contributed by atoms with van der Waals surface area (Å²) in [5.41, 5.74) is 13.8. The lowest BCUT2D eigenvalue weighted by atomic mass is 9.89. The molecule has 0 radical (unpaired) electrons. The molecule has 1 heteroatoms. The van der Waals surface area contributed by atoms with Crippen molar-refractivity contribution in [2.45, 2.75) is 60.7 Å². The third-order valence-electron chi connectivity index (χ3n) is 6.29. The largest absolute Gasteiger partial charge is 0.103 e. The molecule has 0 amide bonds. The molecule has 0 saturated heterocycles. The summed E-state index contributed by atoms with van der Waals surface area (Å²) in [4.78, 5) is 0. The molecule has 30 heavy (non-hydrogen) atoms. The van der Waals surface area contributed by atoms with Gasteiger partial charge in [0, 0.05) is 0 Å². The molecule has 0 bridgehead atoms. The van der Waals surface area contributed by atoms with Crippen molar-refractivity contribution in [1.29, 1.82) is 0 Å². The topological polar surface area (TPSA) is 0 Å². The molecule has 0 saturated carbocycles. The molecule has 3 rings (SSSR count). The lowest BCUT2D eigenvalue weighted by Gasteiger charge is -2.30. The molecular weight excluding hydrogens is 376 g/mol. The molecule has 156 valence electrons. The maximum absolute atomic E-state index is 4.10. The highest BCUT2D eigenvalue weighted by Crippen LogP contribution is 2.35. The van der Waals surface area contributed by atoms with Crippen LogP contribution in [0.1, 0.15) is 33.4 Å². The van der Waals surface area contributed by atoms with Crippen LogP contribution in [0, 0.1) is 41.5 Å². The standard InChI is InChI=1S/C29H36Si/c1-10-14-30(8,9)29-25(27-21(4)15-19(2)16-22(27)5)12-11-13-26(29)28-23(6)17-20(3)18-24(28)7/h10-13,15-18H,1,14H2,2-9H3. The zero-order chi connectivity index (χ0) is 22.2. The normalized spacial score (nSPS) is 11.6. The van der Waals surface area contributed by atoms with Crippen LogP contribution in [-0.4, -0.2) is 8.07 Å². The predicted molar refractivity (Wildman–Crippen MR) is 138 cm³/mol. The number of hydrogen-bond acceptors (Lipinski definition) is 0. The van der Waals surface area contributed by atoms with Crippen LogP contribution in [0.2, 0.25) is 19.1 Å². The van der Waals surface area contributed by atoms with Gasteiger partial charge in [-0.05, 0) is 97.3 Å². The molecule has 0 fully saturated rings. The van der Waals surface area contributed by atoms with E-state index in [1.165, 1.54) is 55.6 Å². The summed E-state index contributed by atoms with van der Waals surface area (Å²) in [5.74, 6) is 0. The molecule has 0 aromatic heterocycles. The lowest BCUT2D eigenvalue weighted by molar-refractivity contribution is 1.31. The highest BCUT2D eigenvalue weighted by molar-refractivity contribution is 6.92. The Bertz CT molecular complexity index is 993. The van der Waals surface area contributed by atoms with Gasteiger partial charge in [-0.2, -0.15) is 0 Å². The molecule has 0 N–H and O–H groups in total. The molecule has 0 nitrogen and oxygen atoms in total. The molecule has 0 unspecified atom stereocenters. The third-order valence-corrected chi connectivity index (χ3v) is 9.49. The molecule has 0 aliphatic heterocycles. The average molecular weight is 413 g/mol. The second kappa shape index (κ2) is 8.39. The van der Waals surface area contributed by atoms with Gasteiger partial charge in [-0.3, -0.25) is 0 Å². The van der Waals surface area contributed by atoms with Crippen molar-refractivity contribution < 1.29 is 0 Å². The van der Waals surface area contributed by atoms with E-state index in [0.717, 1.165) is 6.04 Å². The molecule has 0 heterocycles. The maximum Gasteiger partial charge on any atom is 0.0859 e. The van der Waals surface area contributed by atoms with Crippen molar-refractivity contribution in [2.24, 2.45) is 0 Å². The van der Waals surface area contributed by atoms with Crippen molar-refractivity contribution in [2.75, 3.05) is 0 Å². The number of benzene rings is 3. The van der Waals surface area contributed by atoms with Crippen LogP contribution >= 0.6 is 0 Å². The Labute approximate surface area is 184 Å². The predicted octanol–water partition coefficient (Wildman–Crippen LogP) is 7.97. The minimum Gasteiger partial charge on any atom is -0.103 e. The van der Waals surface area contributed by atoms with Gasteiger partial charge in [0.1, 0.15) is 0 Å². The SMILES string of the molecule is C=CC[Si](C)(C)c1c(-c2c(C)cc(C)cc2C)cccc1-c1c(C)cc(C)cc1C. The van der Waals surface area contributed by atoms with Crippen LogP contribution in [0.3, 0.4) is 0 Å². The summed E-state index contributed by atoms with van der Waals surface area (Å²) < 4.78 is 0. The first-order chi connectivity index (χ1) is 14.1. The summed E-state index contributed by atoms with van der Waals surface area (Å²) in [6.07, 6.45) is 2.12. The molecule has 0 aliphatic rings. The fourth-order valence-corrected chi connectivity index (χ4v) is 8.17. The van der Waals surface area contributed by atoms with E-state index in [9.17, 15) is 0 Å². The summed E-state index contributed by atoms with van der Waals surface area (Å²) in [6.45, 7) is 22.5. The van der Waals surface area contributed by atoms with Gasteiger partial charge in [-0.1, -0.05) is 72.8 Å². The van der Waals surface area contributed by atoms with Crippen LogP contribution < -0.4 is 5.19 Å². The van der Waals surface area contributed by atoms with E-state index in [2.05, 4.69) is 110 Å². The Morgan fingerprint density at radius 2 is 1.07 bits per heavy atom. The fraction of sp³-hybridized carbons (Fsp3) is 0.310. The van der Waals surface area contributed by atoms with E-state index in [4.69, 9.17) is 0 Å². The number of aryl methyl sites for hydroxylation is 6. The zero-order valence-electron chi connectivity index (χ0n) is 20.0. The summed E-state index contributed by atoms with van der Waals surface area (Å²) in [5, 5.41) is 1.56. The molecule has 0 atom stereocenters. The van der Waals surface area contributed by atoms with E-state index < -0.39 is 8.07 Å². The van der Waals surface area contributed by atoms with Gasteiger partial charge >= 0.3 is 0 Å². The first-order valence-electron chi connectivity index (χ1n) is 11.0. The van der Waals surface area contributed by atoms with Crippen LogP contribution in [0.15, 0.2) is 55.1 Å². The Balaban J connectivity index is 2.46. The first-order valence-corrected chi connectivity index (χ1v) is 14.2. The molecular formula is C29H36Si. The van der Waals surface area contributed by atoms with Gasteiger partial charge < -0.3 is 0 Å². The second-order valence-electron chi connectivity index (χ2n) is 9.65. The molecule has 0 spiro atoms. The summed E-state index contributed by atoms with van der Waals surface area (Å²) >= 11 is 0. The summed E-state index contributed by atoms with van der Waals surface area (Å²) in [6, 6.07) is 17.3. The van der Waals surface area contributed by atoms with E-state index in [0.29, 0.717) is 0 Å². The number of hydrogen-bond donors (Lipinski definition) is 0. The van der Waals surface area contributed by atoms with E-state index in [1.807, 2.05) is 0 Å². The van der Waals surface area contributed by atoms with Gasteiger partial charge in [-0.25, -0.2) is 0 Å². The highest BCUT2D eigenvalue weighted by Gasteiger charge is 2.30. The lowest BCUT2D eigenvalue weighted by Crippen LogP contribution is -2.43. The minimum atomic E-state index is -1.77. The summed E-state index contributed by atoms with van der Waals surface area (Å²) in [7, 11) is -1.77. The third kappa shape index (κ3) is 4.09. The van der Waals surface area contributed by atoms with Crippen LogP contribution in [0.4, 0.5) is 0 Å². The van der Waals surface area contributed by atoms with Crippen molar-refractivity contribution >= 4 is 13.3 Å². The van der Waals surface area contributed by atoms with Gasteiger partial charge in [0.2, 0.25) is 0 Å². The maximum atomic E-state index is 4.10. The quantitative estimate of drug-likeness (QED) is 0.294. The Morgan fingerprint density at radius 3 is 1.40 bits per heavy atom. The Kier molecular flexibility index (Phi) is 6.24. The monoisotopic (exact) mass is 412 g/mol. The average Bonchev–Trinajstić information content (AvgIpc) is 2.60. The van der Waals surface area contributed by atoms with Gasteiger partial charge in [-0.15, -0.1) is 6.58 Å². The Hall–Kier alpha value is -2.38. The fourth-order valence-electron chi connectivity index (χ4n) is 5.37. The van der Waals surface area contributed by atoms with Gasteiger partial charge in [0.15, 0.2) is 0 Å². The van der Waals surface area contributed by atoms with Gasteiger partial charge in [0.25, 0.3) is 0 Å². The van der Waals surface area contributed by atoms with Crippen molar-refractivity contribution in [3.05, 3.63) is 88.5 Å². The van der Waals surface area contributed by atoms with Crippen LogP contribution in [0.25, 0.3) is 22.3 Å². The zero-order valence-corrected chi connectivity index (χ0v) is 21.0. The van der Waals surface area contributed by atoms with Crippen LogP contribution in [-0.2, 0) is 0 Å². The van der Waals surface area contributed by atoms with Crippen molar-refractivity contribution in [3.8, 4) is 22.3 Å². The number of rotatable bonds is 5. The molecule has 0 aliphatic carbocycles. The van der Waals surface area contributed by atoms with Crippen molar-refractivity contribution in [1.82, 2.24) is 0 Å². The molecule has 3 aromatic carbocycles. The van der Waals surface area contributed by atoms with Gasteiger partial charge in [0.05, 0.1) is 8.07 Å².